The van der Waals surface area contributed by atoms with Gasteiger partial charge >= 0.3 is 0 Å². The van der Waals surface area contributed by atoms with Crippen LogP contribution in [0.3, 0.4) is 0 Å². The average Bonchev–Trinajstić information content (AvgIpc) is 2.58. The number of fused-ring (bicyclic) bond motifs is 1. The topological polar surface area (TPSA) is 41.5 Å². The second kappa shape index (κ2) is 5.13. The standard InChI is InChI=1S/C17H15FN2O/c1-10-5-3-8-14-15(10)20-17(21)11(2)19-16(14)12-6-4-7-13(18)9-12/h3-9,11H,1-2H3,(H,20,21)/t11-/m1/s1. The molecule has 0 unspecified atom stereocenters. The molecule has 2 aromatic carbocycles. The molecule has 1 amide bonds. The van der Waals surface area contributed by atoms with E-state index in [0.29, 0.717) is 11.3 Å². The molecule has 2 aromatic rings. The third kappa shape index (κ3) is 2.44. The molecule has 0 saturated heterocycles. The van der Waals surface area contributed by atoms with E-state index in [-0.39, 0.29) is 11.7 Å². The minimum atomic E-state index is -0.518. The number of hydrogen-bond acceptors (Lipinski definition) is 2. The number of nitrogens with one attached hydrogen (secondary N) is 1. The molecular weight excluding hydrogens is 267 g/mol. The van der Waals surface area contributed by atoms with Gasteiger partial charge in [0.05, 0.1) is 11.4 Å². The van der Waals surface area contributed by atoms with Crippen LogP contribution in [0.25, 0.3) is 0 Å². The lowest BCUT2D eigenvalue weighted by Crippen LogP contribution is -2.22. The molecule has 1 atom stereocenters. The predicted octanol–water partition coefficient (Wildman–Crippen LogP) is 3.31. The lowest BCUT2D eigenvalue weighted by Gasteiger charge is -2.12. The summed E-state index contributed by atoms with van der Waals surface area (Å²) in [5, 5.41) is 2.91. The van der Waals surface area contributed by atoms with Crippen molar-refractivity contribution < 1.29 is 9.18 Å². The summed E-state index contributed by atoms with van der Waals surface area (Å²) in [4.78, 5) is 16.6. The Bertz CT molecular complexity index is 752. The van der Waals surface area contributed by atoms with Crippen molar-refractivity contribution in [2.45, 2.75) is 19.9 Å². The summed E-state index contributed by atoms with van der Waals surface area (Å²) in [5.74, 6) is -0.474. The highest BCUT2D eigenvalue weighted by molar-refractivity contribution is 6.20. The minimum Gasteiger partial charge on any atom is -0.323 e. The first-order chi connectivity index (χ1) is 10.1. The van der Waals surface area contributed by atoms with Gasteiger partial charge in [-0.3, -0.25) is 9.79 Å². The molecule has 1 aliphatic rings. The van der Waals surface area contributed by atoms with Crippen LogP contribution < -0.4 is 5.32 Å². The maximum atomic E-state index is 13.5. The first-order valence-corrected chi connectivity index (χ1v) is 6.81. The van der Waals surface area contributed by atoms with E-state index in [9.17, 15) is 9.18 Å². The van der Waals surface area contributed by atoms with Crippen molar-refractivity contribution in [2.75, 3.05) is 5.32 Å². The van der Waals surface area contributed by atoms with Gasteiger partial charge in [-0.2, -0.15) is 0 Å². The van der Waals surface area contributed by atoms with Crippen molar-refractivity contribution in [3.63, 3.8) is 0 Å². The molecule has 0 radical (unpaired) electrons. The number of aliphatic imine (C=N–C) groups is 1. The number of hydrogen-bond donors (Lipinski definition) is 1. The normalized spacial score (nSPS) is 17.6. The highest BCUT2D eigenvalue weighted by Crippen LogP contribution is 2.27. The number of amides is 1. The molecule has 0 aromatic heterocycles. The van der Waals surface area contributed by atoms with Crippen molar-refractivity contribution in [2.24, 2.45) is 4.99 Å². The van der Waals surface area contributed by atoms with E-state index in [0.717, 1.165) is 16.8 Å². The number of halogens is 1. The molecule has 3 nitrogen and oxygen atoms in total. The molecule has 0 aliphatic carbocycles. The van der Waals surface area contributed by atoms with Gasteiger partial charge in [0.1, 0.15) is 11.9 Å². The van der Waals surface area contributed by atoms with E-state index in [1.165, 1.54) is 12.1 Å². The molecule has 0 saturated carbocycles. The van der Waals surface area contributed by atoms with Gasteiger partial charge in [-0.25, -0.2) is 4.39 Å². The molecule has 4 heteroatoms. The fourth-order valence-corrected chi connectivity index (χ4v) is 2.45. The fourth-order valence-electron chi connectivity index (χ4n) is 2.45. The highest BCUT2D eigenvalue weighted by Gasteiger charge is 2.23. The molecule has 3 rings (SSSR count). The largest absolute Gasteiger partial charge is 0.323 e. The Labute approximate surface area is 122 Å². The first kappa shape index (κ1) is 13.5. The zero-order valence-electron chi connectivity index (χ0n) is 11.9. The van der Waals surface area contributed by atoms with Crippen LogP contribution in [0.4, 0.5) is 10.1 Å². The summed E-state index contributed by atoms with van der Waals surface area (Å²) < 4.78 is 13.5. The van der Waals surface area contributed by atoms with Gasteiger partial charge in [-0.15, -0.1) is 0 Å². The van der Waals surface area contributed by atoms with Gasteiger partial charge in [-0.05, 0) is 31.5 Å². The third-order valence-electron chi connectivity index (χ3n) is 3.58. The summed E-state index contributed by atoms with van der Waals surface area (Å²) in [6.07, 6.45) is 0. The van der Waals surface area contributed by atoms with Crippen LogP contribution in [0.2, 0.25) is 0 Å². The molecule has 106 valence electrons. The van der Waals surface area contributed by atoms with E-state index >= 15 is 0 Å². The van der Waals surface area contributed by atoms with Crippen molar-refractivity contribution in [3.05, 3.63) is 65.0 Å². The summed E-state index contributed by atoms with van der Waals surface area (Å²) >= 11 is 0. The Kier molecular flexibility index (Phi) is 3.29. The van der Waals surface area contributed by atoms with E-state index in [1.54, 1.807) is 19.1 Å². The molecular formula is C17H15FN2O. The molecule has 1 aliphatic heterocycles. The van der Waals surface area contributed by atoms with Gasteiger partial charge in [-0.1, -0.05) is 30.3 Å². The highest BCUT2D eigenvalue weighted by atomic mass is 19.1. The second-order valence-corrected chi connectivity index (χ2v) is 5.15. The predicted molar refractivity (Wildman–Crippen MR) is 81.3 cm³/mol. The quantitative estimate of drug-likeness (QED) is 0.856. The SMILES string of the molecule is Cc1cccc2c1NC(=O)[C@@H](C)N=C2c1cccc(F)c1. The Balaban J connectivity index is 2.25. The zero-order chi connectivity index (χ0) is 15.0. The Morgan fingerprint density at radius 1 is 1.19 bits per heavy atom. The molecule has 1 heterocycles. The van der Waals surface area contributed by atoms with Crippen LogP contribution in [0.5, 0.6) is 0 Å². The Hall–Kier alpha value is -2.49. The first-order valence-electron chi connectivity index (χ1n) is 6.81. The smallest absolute Gasteiger partial charge is 0.248 e. The number of carbonyl (C=O) groups excluding carboxylic acids is 1. The summed E-state index contributed by atoms with van der Waals surface area (Å²) in [7, 11) is 0. The molecule has 1 N–H and O–H groups in total. The van der Waals surface area contributed by atoms with Gasteiger partial charge in [0.25, 0.3) is 0 Å². The van der Waals surface area contributed by atoms with E-state index in [2.05, 4.69) is 10.3 Å². The summed E-state index contributed by atoms with van der Waals surface area (Å²) in [6.45, 7) is 3.66. The van der Waals surface area contributed by atoms with E-state index in [4.69, 9.17) is 0 Å². The Morgan fingerprint density at radius 2 is 1.95 bits per heavy atom. The number of benzene rings is 2. The maximum Gasteiger partial charge on any atom is 0.248 e. The lowest BCUT2D eigenvalue weighted by atomic mass is 9.98. The molecule has 0 spiro atoms. The van der Waals surface area contributed by atoms with E-state index in [1.807, 2.05) is 25.1 Å². The number of benzodiazepines with no additional fused rings is 1. The van der Waals surface area contributed by atoms with Gasteiger partial charge in [0, 0.05) is 11.1 Å². The maximum absolute atomic E-state index is 13.5. The average molecular weight is 282 g/mol. The molecule has 0 fully saturated rings. The van der Waals surface area contributed by atoms with Gasteiger partial charge < -0.3 is 5.32 Å². The fraction of sp³-hybridized carbons (Fsp3) is 0.176. The third-order valence-corrected chi connectivity index (χ3v) is 3.58. The van der Waals surface area contributed by atoms with Crippen LogP contribution in [0.15, 0.2) is 47.5 Å². The van der Waals surface area contributed by atoms with Crippen LogP contribution in [0, 0.1) is 12.7 Å². The number of rotatable bonds is 1. The molecule has 0 bridgehead atoms. The van der Waals surface area contributed by atoms with Gasteiger partial charge in [0.15, 0.2) is 0 Å². The number of anilines is 1. The van der Waals surface area contributed by atoms with Crippen LogP contribution in [-0.4, -0.2) is 17.7 Å². The van der Waals surface area contributed by atoms with Crippen molar-refractivity contribution >= 4 is 17.3 Å². The number of nitrogens with zero attached hydrogens (tertiary/aromatic N) is 1. The monoisotopic (exact) mass is 282 g/mol. The van der Waals surface area contributed by atoms with Crippen LogP contribution in [-0.2, 0) is 4.79 Å². The summed E-state index contributed by atoms with van der Waals surface area (Å²) in [5.41, 5.74) is 3.83. The number of carbonyl (C=O) groups is 1. The van der Waals surface area contributed by atoms with E-state index < -0.39 is 6.04 Å². The van der Waals surface area contributed by atoms with Crippen LogP contribution in [0.1, 0.15) is 23.6 Å². The zero-order valence-corrected chi connectivity index (χ0v) is 11.9. The summed E-state index contributed by atoms with van der Waals surface area (Å²) in [6, 6.07) is 11.5. The van der Waals surface area contributed by atoms with Crippen molar-refractivity contribution in [1.29, 1.82) is 0 Å². The number of para-hydroxylation sites is 1. The lowest BCUT2D eigenvalue weighted by molar-refractivity contribution is -0.116. The van der Waals surface area contributed by atoms with Crippen LogP contribution >= 0.6 is 0 Å². The van der Waals surface area contributed by atoms with Crippen molar-refractivity contribution in [1.82, 2.24) is 0 Å². The second-order valence-electron chi connectivity index (χ2n) is 5.15. The molecule has 21 heavy (non-hydrogen) atoms. The minimum absolute atomic E-state index is 0.156. The Morgan fingerprint density at radius 3 is 2.71 bits per heavy atom. The van der Waals surface area contributed by atoms with Crippen molar-refractivity contribution in [3.8, 4) is 0 Å². The number of aryl methyl sites for hydroxylation is 1. The van der Waals surface area contributed by atoms with Gasteiger partial charge in [0.2, 0.25) is 5.91 Å².